The van der Waals surface area contributed by atoms with Gasteiger partial charge < -0.3 is 25.3 Å². The number of rotatable bonds is 5. The first kappa shape index (κ1) is 19.0. The molecule has 0 saturated carbocycles. The Kier molecular flexibility index (Phi) is 5.39. The van der Waals surface area contributed by atoms with Crippen LogP contribution >= 0.6 is 11.6 Å². The largest absolute Gasteiger partial charge is 0.507 e. The van der Waals surface area contributed by atoms with Crippen molar-refractivity contribution in [3.63, 3.8) is 0 Å². The number of halogens is 1. The zero-order valence-electron chi connectivity index (χ0n) is 15.6. The molecule has 28 heavy (non-hydrogen) atoms. The van der Waals surface area contributed by atoms with E-state index in [1.54, 1.807) is 18.2 Å². The first-order valence-corrected chi connectivity index (χ1v) is 9.79. The topological polar surface area (TPSA) is 103 Å². The molecule has 1 aliphatic rings. The molecule has 0 radical (unpaired) electrons. The number of phenols is 1. The van der Waals surface area contributed by atoms with E-state index >= 15 is 0 Å². The van der Waals surface area contributed by atoms with Crippen LogP contribution in [0, 0.1) is 12.8 Å². The van der Waals surface area contributed by atoms with Gasteiger partial charge in [0.25, 0.3) is 6.01 Å². The molecule has 148 valence electrons. The summed E-state index contributed by atoms with van der Waals surface area (Å²) in [5.74, 6) is 0.310. The van der Waals surface area contributed by atoms with E-state index in [0.717, 1.165) is 31.5 Å². The number of pyridine rings is 1. The summed E-state index contributed by atoms with van der Waals surface area (Å²) in [5.41, 5.74) is 3.10. The Labute approximate surface area is 167 Å². The number of phenolic OH excluding ortho intramolecular Hbond substituents is 1. The predicted molar refractivity (Wildman–Crippen MR) is 109 cm³/mol. The first-order valence-electron chi connectivity index (χ1n) is 9.41. The lowest BCUT2D eigenvalue weighted by molar-refractivity contribution is 0.0763. The van der Waals surface area contributed by atoms with Crippen molar-refractivity contribution in [2.45, 2.75) is 25.9 Å². The molecule has 0 bridgehead atoms. The molecule has 0 amide bonds. The highest BCUT2D eigenvalue weighted by molar-refractivity contribution is 6.31. The predicted octanol–water partition coefficient (Wildman–Crippen LogP) is 3.33. The number of nitrogens with zero attached hydrogens (tertiary/aromatic N) is 2. The highest BCUT2D eigenvalue weighted by Crippen LogP contribution is 2.35. The van der Waals surface area contributed by atoms with E-state index in [2.05, 4.69) is 20.6 Å². The first-order chi connectivity index (χ1) is 13.5. The number of nitrogens with one attached hydrogen (secondary N) is 2. The molecule has 1 saturated heterocycles. The SMILES string of the molecule is Cc1cc(Cl)cc(O)c1-c1ccc2oc(NCCC3CNCCC3O)nc2n1. The van der Waals surface area contributed by atoms with Crippen LogP contribution in [0.3, 0.4) is 0 Å². The van der Waals surface area contributed by atoms with Crippen molar-refractivity contribution in [3.05, 3.63) is 34.9 Å². The molecule has 4 N–H and O–H groups in total. The van der Waals surface area contributed by atoms with Gasteiger partial charge in [0.05, 0.1) is 11.8 Å². The van der Waals surface area contributed by atoms with Crippen LogP contribution in [-0.4, -0.2) is 45.9 Å². The standard InChI is InChI=1S/C20H23ClN4O3/c1-11-8-13(21)9-16(27)18(11)14-2-3-17-19(24-14)25-20(28-17)23-7-4-12-10-22-6-5-15(12)26/h2-3,8-9,12,15,22,26-27H,4-7,10H2,1H3,(H,23,24,25). The van der Waals surface area contributed by atoms with Crippen LogP contribution < -0.4 is 10.6 Å². The zero-order chi connectivity index (χ0) is 19.7. The third-order valence-corrected chi connectivity index (χ3v) is 5.37. The van der Waals surface area contributed by atoms with E-state index < -0.39 is 0 Å². The summed E-state index contributed by atoms with van der Waals surface area (Å²) < 4.78 is 5.71. The molecule has 0 aliphatic carbocycles. The number of aryl methyl sites for hydroxylation is 1. The lowest BCUT2D eigenvalue weighted by atomic mass is 9.93. The van der Waals surface area contributed by atoms with Crippen molar-refractivity contribution in [3.8, 4) is 17.0 Å². The number of oxazole rings is 1. The molecule has 2 unspecified atom stereocenters. The number of hydrogen-bond acceptors (Lipinski definition) is 7. The maximum absolute atomic E-state index is 10.3. The quantitative estimate of drug-likeness (QED) is 0.519. The Hall–Kier alpha value is -2.35. The summed E-state index contributed by atoms with van der Waals surface area (Å²) >= 11 is 5.99. The molecular formula is C20H23ClN4O3. The van der Waals surface area contributed by atoms with Gasteiger partial charge in [0.2, 0.25) is 5.65 Å². The fraction of sp³-hybridized carbons (Fsp3) is 0.400. The van der Waals surface area contributed by atoms with Crippen LogP contribution in [-0.2, 0) is 0 Å². The van der Waals surface area contributed by atoms with Crippen molar-refractivity contribution in [2.75, 3.05) is 25.0 Å². The summed E-state index contributed by atoms with van der Waals surface area (Å²) in [7, 11) is 0. The van der Waals surface area contributed by atoms with Gasteiger partial charge in [0, 0.05) is 23.7 Å². The number of fused-ring (bicyclic) bond motifs is 1. The van der Waals surface area contributed by atoms with Gasteiger partial charge >= 0.3 is 0 Å². The van der Waals surface area contributed by atoms with Gasteiger partial charge in [-0.3, -0.25) is 0 Å². The summed E-state index contributed by atoms with van der Waals surface area (Å²) in [6.45, 7) is 4.22. The average Bonchev–Trinajstić information content (AvgIpc) is 3.04. The molecule has 2 atom stereocenters. The number of aromatic nitrogens is 2. The van der Waals surface area contributed by atoms with E-state index in [1.807, 2.05) is 6.92 Å². The third kappa shape index (κ3) is 3.92. The van der Waals surface area contributed by atoms with Crippen LogP contribution in [0.5, 0.6) is 5.75 Å². The number of anilines is 1. The van der Waals surface area contributed by atoms with Gasteiger partial charge in [-0.1, -0.05) is 11.6 Å². The summed E-state index contributed by atoms with van der Waals surface area (Å²) in [6.07, 6.45) is 1.35. The number of piperidine rings is 1. The maximum Gasteiger partial charge on any atom is 0.297 e. The van der Waals surface area contributed by atoms with Crippen LogP contribution in [0.4, 0.5) is 6.01 Å². The second-order valence-electron chi connectivity index (χ2n) is 7.19. The van der Waals surface area contributed by atoms with Crippen molar-refractivity contribution < 1.29 is 14.6 Å². The molecule has 4 rings (SSSR count). The van der Waals surface area contributed by atoms with Gasteiger partial charge in [0.15, 0.2) is 5.58 Å². The van der Waals surface area contributed by atoms with Crippen LogP contribution in [0.1, 0.15) is 18.4 Å². The van der Waals surface area contributed by atoms with Crippen molar-refractivity contribution in [1.29, 1.82) is 0 Å². The fourth-order valence-electron chi connectivity index (χ4n) is 3.66. The Morgan fingerprint density at radius 2 is 2.18 bits per heavy atom. The summed E-state index contributed by atoms with van der Waals surface area (Å²) in [6, 6.07) is 7.26. The van der Waals surface area contributed by atoms with Gasteiger partial charge in [-0.15, -0.1) is 0 Å². The normalized spacial score (nSPS) is 19.8. The second-order valence-corrected chi connectivity index (χ2v) is 7.63. The molecule has 1 aliphatic heterocycles. The Morgan fingerprint density at radius 3 is 2.96 bits per heavy atom. The van der Waals surface area contributed by atoms with E-state index in [9.17, 15) is 10.2 Å². The Bertz CT molecular complexity index is 968. The monoisotopic (exact) mass is 402 g/mol. The molecule has 0 spiro atoms. The minimum absolute atomic E-state index is 0.0818. The van der Waals surface area contributed by atoms with E-state index in [0.29, 0.717) is 40.1 Å². The number of aliphatic hydroxyl groups excluding tert-OH is 1. The molecule has 1 fully saturated rings. The number of aliphatic hydroxyl groups is 1. The smallest absolute Gasteiger partial charge is 0.297 e. The molecule has 2 aromatic heterocycles. The molecule has 7 nitrogen and oxygen atoms in total. The van der Waals surface area contributed by atoms with Crippen molar-refractivity contribution in [1.82, 2.24) is 15.3 Å². The Balaban J connectivity index is 1.49. The zero-order valence-corrected chi connectivity index (χ0v) is 16.3. The lowest BCUT2D eigenvalue weighted by Crippen LogP contribution is -2.40. The summed E-state index contributed by atoms with van der Waals surface area (Å²) in [4.78, 5) is 8.93. The van der Waals surface area contributed by atoms with Crippen LogP contribution in [0.2, 0.25) is 5.02 Å². The lowest BCUT2D eigenvalue weighted by Gasteiger charge is -2.28. The molecule has 3 aromatic rings. The maximum atomic E-state index is 10.3. The average molecular weight is 403 g/mol. The molecule has 3 heterocycles. The second kappa shape index (κ2) is 7.95. The number of benzene rings is 1. The Morgan fingerprint density at radius 1 is 1.32 bits per heavy atom. The minimum atomic E-state index is -0.258. The third-order valence-electron chi connectivity index (χ3n) is 5.15. The molecule has 8 heteroatoms. The van der Waals surface area contributed by atoms with Gasteiger partial charge in [-0.2, -0.15) is 4.98 Å². The highest BCUT2D eigenvalue weighted by atomic mass is 35.5. The molecule has 1 aromatic carbocycles. The van der Waals surface area contributed by atoms with E-state index in [1.165, 1.54) is 6.07 Å². The van der Waals surface area contributed by atoms with Gasteiger partial charge in [0.1, 0.15) is 5.75 Å². The van der Waals surface area contributed by atoms with Crippen molar-refractivity contribution in [2.24, 2.45) is 5.92 Å². The van der Waals surface area contributed by atoms with Crippen LogP contribution in [0.25, 0.3) is 22.5 Å². The number of hydrogen-bond donors (Lipinski definition) is 4. The van der Waals surface area contributed by atoms with Crippen molar-refractivity contribution >= 4 is 28.8 Å². The number of aromatic hydroxyl groups is 1. The summed E-state index contributed by atoms with van der Waals surface area (Å²) in [5, 5.41) is 27.2. The van der Waals surface area contributed by atoms with E-state index in [4.69, 9.17) is 16.0 Å². The van der Waals surface area contributed by atoms with Gasteiger partial charge in [-0.05, 0) is 62.1 Å². The minimum Gasteiger partial charge on any atom is -0.507 e. The van der Waals surface area contributed by atoms with Gasteiger partial charge in [-0.25, -0.2) is 4.98 Å². The highest BCUT2D eigenvalue weighted by Gasteiger charge is 2.22. The fourth-order valence-corrected chi connectivity index (χ4v) is 3.93. The van der Waals surface area contributed by atoms with Crippen LogP contribution in [0.15, 0.2) is 28.7 Å². The van der Waals surface area contributed by atoms with E-state index in [-0.39, 0.29) is 17.8 Å². The molecular weight excluding hydrogens is 380 g/mol.